The molecule has 3 heteroatoms. The Labute approximate surface area is 109 Å². The first kappa shape index (κ1) is 16.0. The molecule has 1 N–H and O–H groups in total. The zero-order chi connectivity index (χ0) is 12.8. The maximum atomic E-state index is 11.6. The Morgan fingerprint density at radius 2 is 1.75 bits per heavy atom. The predicted molar refractivity (Wildman–Crippen MR) is 73.9 cm³/mol. The van der Waals surface area contributed by atoms with Gasteiger partial charge in [0.15, 0.2) is 0 Å². The number of amides is 1. The van der Waals surface area contributed by atoms with Crippen molar-refractivity contribution in [3.63, 3.8) is 0 Å². The van der Waals surface area contributed by atoms with Gasteiger partial charge in [-0.1, -0.05) is 63.4 Å². The highest BCUT2D eigenvalue weighted by Gasteiger charge is 2.19. The molecule has 0 spiro atoms. The van der Waals surface area contributed by atoms with Gasteiger partial charge in [-0.15, -0.1) is 0 Å². The minimum absolute atomic E-state index is 0.0702. The molecule has 1 atom stereocenters. The van der Waals surface area contributed by atoms with Gasteiger partial charge in [-0.05, 0) is 11.3 Å². The van der Waals surface area contributed by atoms with Crippen LogP contribution in [-0.4, -0.2) is 17.3 Å². The summed E-state index contributed by atoms with van der Waals surface area (Å²) in [4.78, 5) is 12.0. The maximum absolute atomic E-state index is 11.6. The molecule has 0 aromatic rings. The van der Waals surface area contributed by atoms with Crippen LogP contribution < -0.4 is 5.32 Å². The second-order valence-electron chi connectivity index (χ2n) is 5.63. The molecular weight excluding hydrogens is 266 g/mol. The van der Waals surface area contributed by atoms with Crippen molar-refractivity contribution in [2.24, 2.45) is 11.3 Å². The van der Waals surface area contributed by atoms with Crippen LogP contribution in [0.25, 0.3) is 0 Å². The largest absolute Gasteiger partial charge is 0.355 e. The topological polar surface area (TPSA) is 29.1 Å². The van der Waals surface area contributed by atoms with Gasteiger partial charge < -0.3 is 5.32 Å². The number of rotatable bonds is 6. The summed E-state index contributed by atoms with van der Waals surface area (Å²) in [6, 6.07) is 0. The van der Waals surface area contributed by atoms with Crippen LogP contribution in [0.2, 0.25) is 0 Å². The van der Waals surface area contributed by atoms with Gasteiger partial charge in [0.25, 0.3) is 0 Å². The maximum Gasteiger partial charge on any atom is 0.220 e. The fraction of sp³-hybridized carbons (Fsp3) is 0.923. The fourth-order valence-corrected chi connectivity index (χ4v) is 2.63. The Hall–Kier alpha value is -0.0500. The first-order valence-corrected chi connectivity index (χ1v) is 7.12. The van der Waals surface area contributed by atoms with Crippen LogP contribution in [0, 0.1) is 11.3 Å². The molecule has 1 unspecified atom stereocenters. The van der Waals surface area contributed by atoms with Gasteiger partial charge in [0.2, 0.25) is 5.91 Å². The van der Waals surface area contributed by atoms with Crippen LogP contribution >= 0.6 is 15.9 Å². The summed E-state index contributed by atoms with van der Waals surface area (Å²) >= 11 is 3.66. The number of hydrogen-bond acceptors (Lipinski definition) is 1. The molecule has 0 bridgehead atoms. The van der Waals surface area contributed by atoms with Gasteiger partial charge in [0.05, 0.1) is 0 Å². The fourth-order valence-electron chi connectivity index (χ4n) is 1.72. The van der Waals surface area contributed by atoms with Gasteiger partial charge in [-0.25, -0.2) is 0 Å². The van der Waals surface area contributed by atoms with E-state index in [0.717, 1.165) is 19.4 Å². The molecule has 0 radical (unpaired) electrons. The average Bonchev–Trinajstić information content (AvgIpc) is 2.14. The summed E-state index contributed by atoms with van der Waals surface area (Å²) in [5.41, 5.74) is 0.0702. The van der Waals surface area contributed by atoms with E-state index in [0.29, 0.717) is 17.2 Å². The smallest absolute Gasteiger partial charge is 0.220 e. The molecule has 0 heterocycles. The van der Waals surface area contributed by atoms with E-state index in [1.165, 1.54) is 0 Å². The van der Waals surface area contributed by atoms with E-state index in [1.54, 1.807) is 0 Å². The van der Waals surface area contributed by atoms with E-state index >= 15 is 0 Å². The lowest BCUT2D eigenvalue weighted by molar-refractivity contribution is -0.122. The summed E-state index contributed by atoms with van der Waals surface area (Å²) in [6.45, 7) is 11.4. The van der Waals surface area contributed by atoms with Gasteiger partial charge in [0.1, 0.15) is 0 Å². The van der Waals surface area contributed by atoms with Crippen molar-refractivity contribution < 1.29 is 4.79 Å². The molecule has 0 aliphatic rings. The number of carbonyl (C=O) groups is 1. The van der Waals surface area contributed by atoms with E-state index in [-0.39, 0.29) is 11.3 Å². The van der Waals surface area contributed by atoms with Crippen molar-refractivity contribution in [1.82, 2.24) is 5.32 Å². The molecule has 0 fully saturated rings. The number of halogens is 1. The highest BCUT2D eigenvalue weighted by molar-refractivity contribution is 9.09. The normalized spacial score (nSPS) is 13.9. The molecule has 0 aliphatic carbocycles. The zero-order valence-corrected chi connectivity index (χ0v) is 12.9. The predicted octanol–water partition coefficient (Wildman–Crippen LogP) is 3.74. The molecule has 0 rings (SSSR count). The zero-order valence-electron chi connectivity index (χ0n) is 11.3. The number of hydrogen-bond donors (Lipinski definition) is 1. The first-order valence-electron chi connectivity index (χ1n) is 6.21. The Morgan fingerprint density at radius 1 is 1.25 bits per heavy atom. The Morgan fingerprint density at radius 3 is 2.12 bits per heavy atom. The van der Waals surface area contributed by atoms with Crippen molar-refractivity contribution in [3.8, 4) is 0 Å². The van der Waals surface area contributed by atoms with Crippen LogP contribution in [0.1, 0.15) is 53.9 Å². The summed E-state index contributed by atoms with van der Waals surface area (Å²) in [5, 5.41) is 3.00. The number of alkyl halides is 1. The molecule has 96 valence electrons. The third kappa shape index (κ3) is 7.26. The van der Waals surface area contributed by atoms with Gasteiger partial charge >= 0.3 is 0 Å². The summed E-state index contributed by atoms with van der Waals surface area (Å²) < 4.78 is 0. The first-order chi connectivity index (χ1) is 7.30. The van der Waals surface area contributed by atoms with Crippen molar-refractivity contribution in [2.75, 3.05) is 6.54 Å². The lowest BCUT2D eigenvalue weighted by Crippen LogP contribution is -2.34. The van der Waals surface area contributed by atoms with E-state index in [4.69, 9.17) is 0 Å². The third-order valence-corrected chi connectivity index (χ3v) is 3.82. The van der Waals surface area contributed by atoms with Crippen LogP contribution in [0.5, 0.6) is 0 Å². The van der Waals surface area contributed by atoms with E-state index in [2.05, 4.69) is 55.9 Å². The minimum atomic E-state index is 0.0702. The van der Waals surface area contributed by atoms with Gasteiger partial charge in [-0.3, -0.25) is 4.79 Å². The standard InChI is InChI=1S/C13H26BrNO/c1-6-10(7-2)11(14)9-15-12(16)8-13(3,4)5/h10-11H,6-9H2,1-5H3,(H,15,16). The van der Waals surface area contributed by atoms with Gasteiger partial charge in [0, 0.05) is 17.8 Å². The molecular formula is C13H26BrNO. The SMILES string of the molecule is CCC(CC)C(Br)CNC(=O)CC(C)(C)C. The van der Waals surface area contributed by atoms with Crippen LogP contribution in [0.15, 0.2) is 0 Å². The van der Waals surface area contributed by atoms with Crippen molar-refractivity contribution in [3.05, 3.63) is 0 Å². The molecule has 0 aromatic carbocycles. The quantitative estimate of drug-likeness (QED) is 0.742. The Balaban J connectivity index is 3.92. The van der Waals surface area contributed by atoms with E-state index in [9.17, 15) is 4.79 Å². The van der Waals surface area contributed by atoms with Crippen molar-refractivity contribution in [1.29, 1.82) is 0 Å². The van der Waals surface area contributed by atoms with E-state index < -0.39 is 0 Å². The minimum Gasteiger partial charge on any atom is -0.355 e. The van der Waals surface area contributed by atoms with Crippen LogP contribution in [-0.2, 0) is 4.79 Å². The summed E-state index contributed by atoms with van der Waals surface area (Å²) in [6.07, 6.45) is 2.90. The van der Waals surface area contributed by atoms with Crippen LogP contribution in [0.4, 0.5) is 0 Å². The summed E-state index contributed by atoms with van der Waals surface area (Å²) in [7, 11) is 0. The Kier molecular flexibility index (Phi) is 7.29. The number of nitrogens with one attached hydrogen (secondary N) is 1. The highest BCUT2D eigenvalue weighted by Crippen LogP contribution is 2.20. The van der Waals surface area contributed by atoms with Crippen molar-refractivity contribution >= 4 is 21.8 Å². The molecule has 1 amide bonds. The second-order valence-corrected chi connectivity index (χ2v) is 6.81. The average molecular weight is 292 g/mol. The lowest BCUT2D eigenvalue weighted by atomic mass is 9.92. The summed E-state index contributed by atoms with van der Waals surface area (Å²) in [5.74, 6) is 0.804. The molecule has 0 aliphatic heterocycles. The molecule has 2 nitrogen and oxygen atoms in total. The monoisotopic (exact) mass is 291 g/mol. The van der Waals surface area contributed by atoms with Crippen molar-refractivity contribution in [2.45, 2.75) is 58.7 Å². The molecule has 0 saturated carbocycles. The third-order valence-electron chi connectivity index (χ3n) is 2.75. The molecule has 0 saturated heterocycles. The lowest BCUT2D eigenvalue weighted by Gasteiger charge is -2.22. The highest BCUT2D eigenvalue weighted by atomic mass is 79.9. The van der Waals surface area contributed by atoms with Crippen LogP contribution in [0.3, 0.4) is 0 Å². The molecule has 16 heavy (non-hydrogen) atoms. The van der Waals surface area contributed by atoms with Gasteiger partial charge in [-0.2, -0.15) is 0 Å². The van der Waals surface area contributed by atoms with E-state index in [1.807, 2.05) is 0 Å². The second kappa shape index (κ2) is 7.31. The Bertz CT molecular complexity index is 206. The number of carbonyl (C=O) groups excluding carboxylic acids is 1. The molecule has 0 aromatic heterocycles.